The average molecular weight is 236 g/mol. The molecule has 0 heterocycles. The van der Waals surface area contributed by atoms with Crippen molar-refractivity contribution in [2.24, 2.45) is 5.92 Å². The van der Waals surface area contributed by atoms with Gasteiger partial charge in [0.25, 0.3) is 0 Å². The Morgan fingerprint density at radius 3 is 2.36 bits per heavy atom. The quantitative estimate of drug-likeness (QED) is 0.328. The van der Waals surface area contributed by atoms with Gasteiger partial charge >= 0.3 is 8.35 Å². The van der Waals surface area contributed by atoms with E-state index in [2.05, 4.69) is 13.8 Å². The summed E-state index contributed by atoms with van der Waals surface area (Å²) in [5.41, 5.74) is 0. The first-order valence-electron chi connectivity index (χ1n) is 5.81. The van der Waals surface area contributed by atoms with Crippen LogP contribution < -0.4 is 0 Å². The van der Waals surface area contributed by atoms with Crippen molar-refractivity contribution in [3.05, 3.63) is 0 Å². The molecule has 14 heavy (non-hydrogen) atoms. The maximum absolute atomic E-state index is 6.02. The highest BCUT2D eigenvalue weighted by atomic mass is 35.6. The van der Waals surface area contributed by atoms with Crippen LogP contribution in [0.3, 0.4) is 0 Å². The van der Waals surface area contributed by atoms with Crippen molar-refractivity contribution >= 4 is 19.4 Å². The lowest BCUT2D eigenvalue weighted by Crippen LogP contribution is -2.09. The van der Waals surface area contributed by atoms with E-state index in [1.165, 1.54) is 32.1 Å². The van der Waals surface area contributed by atoms with Crippen LogP contribution in [0.4, 0.5) is 0 Å². The van der Waals surface area contributed by atoms with Crippen molar-refractivity contribution < 1.29 is 4.43 Å². The Kier molecular flexibility index (Phi) is 10.3. The second kappa shape index (κ2) is 10.0. The third-order valence-electron chi connectivity index (χ3n) is 2.21. The van der Waals surface area contributed by atoms with Gasteiger partial charge in [-0.15, -0.1) is 11.1 Å². The van der Waals surface area contributed by atoms with Crippen LogP contribution in [0.1, 0.15) is 52.9 Å². The Morgan fingerprint density at radius 1 is 1.14 bits per heavy atom. The molecule has 0 rings (SSSR count). The standard InChI is InChI=1S/C11H24ClOSi/c1-4-13-14(12)10-8-6-5-7-9-11(2)3/h11H,4-10H2,1-3H3. The van der Waals surface area contributed by atoms with Gasteiger partial charge in [0.2, 0.25) is 0 Å². The summed E-state index contributed by atoms with van der Waals surface area (Å²) in [6.07, 6.45) is 6.66. The SMILES string of the molecule is CCO[Si](Cl)CCCCCCC(C)C. The third kappa shape index (κ3) is 10.5. The molecule has 0 aromatic rings. The fourth-order valence-corrected chi connectivity index (χ4v) is 3.11. The molecule has 0 aromatic carbocycles. The van der Waals surface area contributed by atoms with E-state index in [1.54, 1.807) is 0 Å². The summed E-state index contributed by atoms with van der Waals surface area (Å²) in [5, 5.41) is 0. The van der Waals surface area contributed by atoms with Crippen molar-refractivity contribution in [1.82, 2.24) is 0 Å². The van der Waals surface area contributed by atoms with E-state index in [9.17, 15) is 0 Å². The predicted octanol–water partition coefficient (Wildman–Crippen LogP) is 4.36. The van der Waals surface area contributed by atoms with E-state index in [4.69, 9.17) is 15.5 Å². The van der Waals surface area contributed by atoms with E-state index >= 15 is 0 Å². The molecular formula is C11H24ClOSi. The molecule has 0 spiro atoms. The minimum absolute atomic E-state index is 0.769. The Morgan fingerprint density at radius 2 is 1.79 bits per heavy atom. The zero-order valence-corrected chi connectivity index (χ0v) is 11.6. The van der Waals surface area contributed by atoms with E-state index in [1.807, 2.05) is 6.92 Å². The Balaban J connectivity index is 3.05. The van der Waals surface area contributed by atoms with Crippen LogP contribution in [-0.4, -0.2) is 15.0 Å². The highest BCUT2D eigenvalue weighted by Gasteiger charge is 2.07. The van der Waals surface area contributed by atoms with Crippen LogP contribution in [0.15, 0.2) is 0 Å². The van der Waals surface area contributed by atoms with Crippen molar-refractivity contribution in [3.63, 3.8) is 0 Å². The van der Waals surface area contributed by atoms with Crippen LogP contribution in [0.2, 0.25) is 6.04 Å². The molecule has 0 aromatic heterocycles. The zero-order valence-electron chi connectivity index (χ0n) is 9.81. The molecular weight excluding hydrogens is 212 g/mol. The lowest BCUT2D eigenvalue weighted by atomic mass is 10.0. The molecule has 0 fully saturated rings. The normalized spacial score (nSPS) is 11.6. The Labute approximate surface area is 95.6 Å². The van der Waals surface area contributed by atoms with Crippen LogP contribution in [0.25, 0.3) is 0 Å². The molecule has 0 bridgehead atoms. The number of rotatable bonds is 9. The summed E-state index contributed by atoms with van der Waals surface area (Å²) in [5.74, 6) is 0.853. The lowest BCUT2D eigenvalue weighted by molar-refractivity contribution is 0.352. The second-order valence-corrected chi connectivity index (χ2v) is 6.90. The Hall–Kier alpha value is 0.467. The summed E-state index contributed by atoms with van der Waals surface area (Å²) in [4.78, 5) is 0. The second-order valence-electron chi connectivity index (χ2n) is 4.13. The van der Waals surface area contributed by atoms with Crippen molar-refractivity contribution in [3.8, 4) is 0 Å². The van der Waals surface area contributed by atoms with Gasteiger partial charge in [-0.1, -0.05) is 46.0 Å². The predicted molar refractivity (Wildman–Crippen MR) is 66.0 cm³/mol. The fourth-order valence-electron chi connectivity index (χ4n) is 1.40. The van der Waals surface area contributed by atoms with Crippen molar-refractivity contribution in [1.29, 1.82) is 0 Å². The van der Waals surface area contributed by atoms with Gasteiger partial charge in [0.15, 0.2) is 0 Å². The largest absolute Gasteiger partial charge is 0.403 e. The zero-order chi connectivity index (χ0) is 10.8. The highest BCUT2D eigenvalue weighted by Crippen LogP contribution is 2.12. The molecule has 1 nitrogen and oxygen atoms in total. The number of unbranched alkanes of at least 4 members (excludes halogenated alkanes) is 3. The lowest BCUT2D eigenvalue weighted by Gasteiger charge is -2.06. The maximum Gasteiger partial charge on any atom is 0.323 e. The molecule has 1 radical (unpaired) electrons. The van der Waals surface area contributed by atoms with E-state index < -0.39 is 8.35 Å². The smallest absolute Gasteiger partial charge is 0.323 e. The van der Waals surface area contributed by atoms with Gasteiger partial charge in [0.05, 0.1) is 0 Å². The molecule has 3 heteroatoms. The van der Waals surface area contributed by atoms with Crippen molar-refractivity contribution in [2.45, 2.75) is 58.9 Å². The molecule has 0 amide bonds. The van der Waals surface area contributed by atoms with Gasteiger partial charge in [-0.2, -0.15) is 0 Å². The minimum atomic E-state index is -0.972. The molecule has 85 valence electrons. The average Bonchev–Trinajstić information content (AvgIpc) is 2.11. The molecule has 0 aliphatic rings. The maximum atomic E-state index is 6.02. The molecule has 0 atom stereocenters. The van der Waals surface area contributed by atoms with Crippen LogP contribution in [0.5, 0.6) is 0 Å². The van der Waals surface area contributed by atoms with Gasteiger partial charge in [-0.25, -0.2) is 0 Å². The first-order chi connectivity index (χ1) is 6.66. The summed E-state index contributed by atoms with van der Waals surface area (Å²) in [6.45, 7) is 7.35. The number of halogens is 1. The van der Waals surface area contributed by atoms with Gasteiger partial charge < -0.3 is 4.43 Å². The van der Waals surface area contributed by atoms with Gasteiger partial charge in [-0.3, -0.25) is 0 Å². The Bertz CT molecular complexity index is 120. The number of hydrogen-bond donors (Lipinski definition) is 0. The minimum Gasteiger partial charge on any atom is -0.403 e. The summed E-state index contributed by atoms with van der Waals surface area (Å²) < 4.78 is 5.35. The molecule has 0 N–H and O–H groups in total. The summed E-state index contributed by atoms with van der Waals surface area (Å²) in [6, 6.07) is 1.10. The summed E-state index contributed by atoms with van der Waals surface area (Å²) in [7, 11) is -0.972. The molecule has 0 saturated carbocycles. The van der Waals surface area contributed by atoms with Gasteiger partial charge in [-0.05, 0) is 18.9 Å². The molecule has 0 aliphatic carbocycles. The topological polar surface area (TPSA) is 9.23 Å². The van der Waals surface area contributed by atoms with Crippen LogP contribution >= 0.6 is 11.1 Å². The highest BCUT2D eigenvalue weighted by molar-refractivity contribution is 7.03. The monoisotopic (exact) mass is 235 g/mol. The van der Waals surface area contributed by atoms with Crippen molar-refractivity contribution in [2.75, 3.05) is 6.61 Å². The van der Waals surface area contributed by atoms with E-state index in [0.29, 0.717) is 0 Å². The van der Waals surface area contributed by atoms with Gasteiger partial charge in [0.1, 0.15) is 0 Å². The van der Waals surface area contributed by atoms with Crippen LogP contribution in [0, 0.1) is 5.92 Å². The molecule has 0 aliphatic heterocycles. The summed E-state index contributed by atoms with van der Waals surface area (Å²) >= 11 is 6.02. The van der Waals surface area contributed by atoms with E-state index in [-0.39, 0.29) is 0 Å². The first kappa shape index (κ1) is 14.5. The van der Waals surface area contributed by atoms with Crippen LogP contribution in [-0.2, 0) is 4.43 Å². The number of hydrogen-bond acceptors (Lipinski definition) is 1. The first-order valence-corrected chi connectivity index (χ1v) is 8.43. The fraction of sp³-hybridized carbons (Fsp3) is 1.00. The molecule has 0 saturated heterocycles. The third-order valence-corrected chi connectivity index (χ3v) is 4.45. The van der Waals surface area contributed by atoms with E-state index in [0.717, 1.165) is 18.6 Å². The van der Waals surface area contributed by atoms with Gasteiger partial charge in [0, 0.05) is 6.61 Å². The molecule has 0 unspecified atom stereocenters.